The van der Waals surface area contributed by atoms with Crippen molar-refractivity contribution in [3.8, 4) is 17.2 Å². The Morgan fingerprint density at radius 3 is 2.19 bits per heavy atom. The molecule has 110 valence electrons. The molecule has 2 rings (SSSR count). The van der Waals surface area contributed by atoms with Crippen molar-refractivity contribution in [2.24, 2.45) is 0 Å². The zero-order valence-electron chi connectivity index (χ0n) is 11.0. The third-order valence-corrected chi connectivity index (χ3v) is 3.75. The van der Waals surface area contributed by atoms with Gasteiger partial charge in [0.25, 0.3) is 0 Å². The number of phenolic OH excluding ortho intramolecular Hbond substituents is 1. The van der Waals surface area contributed by atoms with Gasteiger partial charge in [0.15, 0.2) is 9.84 Å². The van der Waals surface area contributed by atoms with Gasteiger partial charge in [-0.25, -0.2) is 13.2 Å². The Kier molecular flexibility index (Phi) is 3.86. The number of aromatic hydroxyl groups is 1. The van der Waals surface area contributed by atoms with Crippen molar-refractivity contribution in [1.82, 2.24) is 0 Å². The van der Waals surface area contributed by atoms with Crippen LogP contribution < -0.4 is 4.74 Å². The average Bonchev–Trinajstić information content (AvgIpc) is 2.37. The van der Waals surface area contributed by atoms with Gasteiger partial charge in [0.2, 0.25) is 0 Å². The van der Waals surface area contributed by atoms with Crippen molar-refractivity contribution in [3.63, 3.8) is 0 Å². The second-order valence-electron chi connectivity index (χ2n) is 4.37. The van der Waals surface area contributed by atoms with Crippen LogP contribution in [-0.2, 0) is 9.84 Å². The fourth-order valence-corrected chi connectivity index (χ4v) is 2.29. The second-order valence-corrected chi connectivity index (χ2v) is 6.38. The molecular weight excluding hydrogens is 296 g/mol. The number of hydrogen-bond acceptors (Lipinski definition) is 5. The Labute approximate surface area is 121 Å². The van der Waals surface area contributed by atoms with E-state index in [9.17, 15) is 18.3 Å². The van der Waals surface area contributed by atoms with E-state index in [4.69, 9.17) is 9.84 Å². The summed E-state index contributed by atoms with van der Waals surface area (Å²) in [4.78, 5) is 11.0. The minimum absolute atomic E-state index is 0.113. The number of rotatable bonds is 4. The van der Waals surface area contributed by atoms with Crippen molar-refractivity contribution >= 4 is 15.8 Å². The van der Waals surface area contributed by atoms with Crippen LogP contribution in [0.2, 0.25) is 0 Å². The van der Waals surface area contributed by atoms with E-state index in [-0.39, 0.29) is 22.0 Å². The Balaban J connectivity index is 2.28. The number of hydrogen-bond donors (Lipinski definition) is 2. The number of carboxylic acids is 1. The SMILES string of the molecule is CS(=O)(=O)c1ccc(Oc2cc(O)cc(C(=O)O)c2)cc1. The fraction of sp³-hybridized carbons (Fsp3) is 0.0714. The molecule has 0 atom stereocenters. The lowest BCUT2D eigenvalue weighted by atomic mass is 10.2. The lowest BCUT2D eigenvalue weighted by Crippen LogP contribution is -1.97. The maximum atomic E-state index is 11.3. The van der Waals surface area contributed by atoms with Gasteiger partial charge in [0, 0.05) is 12.3 Å². The first kappa shape index (κ1) is 14.9. The highest BCUT2D eigenvalue weighted by Gasteiger charge is 2.10. The number of sulfone groups is 1. The van der Waals surface area contributed by atoms with Crippen molar-refractivity contribution in [2.45, 2.75) is 4.90 Å². The Morgan fingerprint density at radius 1 is 1.05 bits per heavy atom. The predicted molar refractivity (Wildman–Crippen MR) is 74.7 cm³/mol. The summed E-state index contributed by atoms with van der Waals surface area (Å²) in [5, 5.41) is 18.3. The van der Waals surface area contributed by atoms with Gasteiger partial charge in [0.05, 0.1) is 10.5 Å². The molecule has 0 saturated heterocycles. The van der Waals surface area contributed by atoms with Gasteiger partial charge in [-0.3, -0.25) is 0 Å². The van der Waals surface area contributed by atoms with Crippen LogP contribution >= 0.6 is 0 Å². The van der Waals surface area contributed by atoms with E-state index >= 15 is 0 Å². The molecule has 0 unspecified atom stereocenters. The predicted octanol–water partition coefficient (Wildman–Crippen LogP) is 2.29. The lowest BCUT2D eigenvalue weighted by molar-refractivity contribution is 0.0696. The molecule has 2 aromatic carbocycles. The summed E-state index contributed by atoms with van der Waals surface area (Å²) in [6.45, 7) is 0. The molecule has 2 N–H and O–H groups in total. The standard InChI is InChI=1S/C14H12O6S/c1-21(18,19)13-4-2-11(3-5-13)20-12-7-9(14(16)17)6-10(15)8-12/h2-8,15H,1H3,(H,16,17). The van der Waals surface area contributed by atoms with Crippen molar-refractivity contribution in [2.75, 3.05) is 6.26 Å². The molecule has 0 aromatic heterocycles. The summed E-state index contributed by atoms with van der Waals surface area (Å²) in [7, 11) is -3.29. The van der Waals surface area contributed by atoms with Crippen LogP contribution in [0.1, 0.15) is 10.4 Å². The summed E-state index contributed by atoms with van der Waals surface area (Å²) in [6.07, 6.45) is 1.09. The highest BCUT2D eigenvalue weighted by Crippen LogP contribution is 2.27. The molecular formula is C14H12O6S. The van der Waals surface area contributed by atoms with E-state index < -0.39 is 15.8 Å². The first-order valence-corrected chi connectivity index (χ1v) is 7.70. The van der Waals surface area contributed by atoms with Gasteiger partial charge < -0.3 is 14.9 Å². The molecule has 0 aliphatic carbocycles. The van der Waals surface area contributed by atoms with Crippen LogP contribution in [0, 0.1) is 0 Å². The van der Waals surface area contributed by atoms with Crippen LogP contribution in [0.3, 0.4) is 0 Å². The molecule has 0 aliphatic rings. The highest BCUT2D eigenvalue weighted by molar-refractivity contribution is 7.90. The fourth-order valence-electron chi connectivity index (χ4n) is 1.66. The zero-order chi connectivity index (χ0) is 15.6. The molecule has 0 heterocycles. The van der Waals surface area contributed by atoms with E-state index in [1.54, 1.807) is 0 Å². The topological polar surface area (TPSA) is 101 Å². The molecule has 0 bridgehead atoms. The van der Waals surface area contributed by atoms with Crippen molar-refractivity contribution < 1.29 is 28.2 Å². The highest BCUT2D eigenvalue weighted by atomic mass is 32.2. The first-order valence-electron chi connectivity index (χ1n) is 5.81. The van der Waals surface area contributed by atoms with Crippen LogP contribution in [-0.4, -0.2) is 30.9 Å². The number of benzene rings is 2. The summed E-state index contributed by atoms with van der Waals surface area (Å²) < 4.78 is 28.1. The monoisotopic (exact) mass is 308 g/mol. The molecule has 0 aliphatic heterocycles. The second kappa shape index (κ2) is 5.45. The van der Waals surface area contributed by atoms with E-state index in [1.165, 1.54) is 36.4 Å². The Morgan fingerprint density at radius 2 is 1.67 bits per heavy atom. The first-order chi connectivity index (χ1) is 9.75. The quantitative estimate of drug-likeness (QED) is 0.898. The number of aromatic carboxylic acids is 1. The van der Waals surface area contributed by atoms with Gasteiger partial charge in [-0.15, -0.1) is 0 Å². The number of carbonyl (C=O) groups is 1. The van der Waals surface area contributed by atoms with Crippen LogP contribution in [0.25, 0.3) is 0 Å². The number of phenols is 1. The minimum Gasteiger partial charge on any atom is -0.508 e. The zero-order valence-corrected chi connectivity index (χ0v) is 11.8. The van der Waals surface area contributed by atoms with Gasteiger partial charge in [-0.05, 0) is 36.4 Å². The number of carboxylic acid groups (broad SMARTS) is 1. The van der Waals surface area contributed by atoms with Crippen LogP contribution in [0.4, 0.5) is 0 Å². The molecule has 2 aromatic rings. The smallest absolute Gasteiger partial charge is 0.335 e. The van der Waals surface area contributed by atoms with E-state index in [2.05, 4.69) is 0 Å². The summed E-state index contributed by atoms with van der Waals surface area (Å²) >= 11 is 0. The van der Waals surface area contributed by atoms with Gasteiger partial charge in [-0.2, -0.15) is 0 Å². The molecule has 0 saturated carbocycles. The molecule has 6 nitrogen and oxygen atoms in total. The van der Waals surface area contributed by atoms with Crippen molar-refractivity contribution in [1.29, 1.82) is 0 Å². The third-order valence-electron chi connectivity index (χ3n) is 2.63. The molecule has 0 amide bonds. The summed E-state index contributed by atoms with van der Waals surface area (Å²) in [5.41, 5.74) is -0.113. The summed E-state index contributed by atoms with van der Waals surface area (Å²) in [5.74, 6) is -0.968. The maximum Gasteiger partial charge on any atom is 0.335 e. The Hall–Kier alpha value is -2.54. The largest absolute Gasteiger partial charge is 0.508 e. The third kappa shape index (κ3) is 3.73. The minimum atomic E-state index is -3.29. The van der Waals surface area contributed by atoms with E-state index in [0.717, 1.165) is 12.3 Å². The van der Waals surface area contributed by atoms with Crippen molar-refractivity contribution in [3.05, 3.63) is 48.0 Å². The molecule has 0 radical (unpaired) electrons. The van der Waals surface area contributed by atoms with Crippen LogP contribution in [0.5, 0.6) is 17.2 Å². The maximum absolute atomic E-state index is 11.3. The molecule has 7 heteroatoms. The van der Waals surface area contributed by atoms with Gasteiger partial charge in [0.1, 0.15) is 17.2 Å². The molecule has 0 fully saturated rings. The normalized spacial score (nSPS) is 11.1. The summed E-state index contributed by atoms with van der Waals surface area (Å²) in [6, 6.07) is 9.27. The van der Waals surface area contributed by atoms with Crippen LogP contribution in [0.15, 0.2) is 47.4 Å². The van der Waals surface area contributed by atoms with E-state index in [0.29, 0.717) is 5.75 Å². The Bertz CT molecular complexity index is 778. The molecule has 21 heavy (non-hydrogen) atoms. The number of ether oxygens (including phenoxy) is 1. The molecule has 0 spiro atoms. The lowest BCUT2D eigenvalue weighted by Gasteiger charge is -2.08. The van der Waals surface area contributed by atoms with E-state index in [1.807, 2.05) is 0 Å². The van der Waals surface area contributed by atoms with Gasteiger partial charge in [-0.1, -0.05) is 0 Å². The average molecular weight is 308 g/mol. The van der Waals surface area contributed by atoms with Gasteiger partial charge >= 0.3 is 5.97 Å².